The fraction of sp³-hybridized carbons (Fsp3) is 0.318. The van der Waals surface area contributed by atoms with E-state index in [0.29, 0.717) is 25.3 Å². The van der Waals surface area contributed by atoms with E-state index in [-0.39, 0.29) is 17.6 Å². The summed E-state index contributed by atoms with van der Waals surface area (Å²) in [5.41, 5.74) is 2.70. The van der Waals surface area contributed by atoms with E-state index in [0.717, 1.165) is 18.7 Å². The minimum Gasteiger partial charge on any atom is -0.379 e. The molecule has 0 bridgehead atoms. The van der Waals surface area contributed by atoms with Crippen LogP contribution in [-0.4, -0.2) is 48.6 Å². The summed E-state index contributed by atoms with van der Waals surface area (Å²) in [5.74, 6) is -0.284. The van der Waals surface area contributed by atoms with Crippen molar-refractivity contribution in [2.24, 2.45) is 0 Å². The predicted octanol–water partition coefficient (Wildman–Crippen LogP) is 3.11. The fourth-order valence-electron chi connectivity index (χ4n) is 3.35. The van der Waals surface area contributed by atoms with Gasteiger partial charge in [0, 0.05) is 31.8 Å². The first-order chi connectivity index (χ1) is 14.0. The van der Waals surface area contributed by atoms with Crippen molar-refractivity contribution in [3.05, 3.63) is 81.4 Å². The Labute approximate surface area is 170 Å². The highest BCUT2D eigenvalue weighted by atomic mass is 16.6. The van der Waals surface area contributed by atoms with E-state index in [4.69, 9.17) is 4.74 Å². The number of benzene rings is 2. The quantitative estimate of drug-likeness (QED) is 0.442. The maximum absolute atomic E-state index is 12.4. The molecule has 0 aliphatic carbocycles. The Bertz CT molecular complexity index is 874. The number of carbonyl (C=O) groups excluding carboxylic acids is 1. The smallest absolute Gasteiger partial charge is 0.276 e. The van der Waals surface area contributed by atoms with Crippen LogP contribution in [0.1, 0.15) is 22.7 Å². The Morgan fingerprint density at radius 1 is 1.21 bits per heavy atom. The van der Waals surface area contributed by atoms with Gasteiger partial charge >= 0.3 is 0 Å². The molecule has 0 spiro atoms. The Balaban J connectivity index is 1.68. The van der Waals surface area contributed by atoms with Crippen LogP contribution in [0.2, 0.25) is 0 Å². The maximum atomic E-state index is 12.4. The van der Waals surface area contributed by atoms with Gasteiger partial charge in [-0.15, -0.1) is 0 Å². The summed E-state index contributed by atoms with van der Waals surface area (Å²) in [6, 6.07) is 14.7. The van der Waals surface area contributed by atoms with Gasteiger partial charge in [-0.2, -0.15) is 0 Å². The van der Waals surface area contributed by atoms with Crippen molar-refractivity contribution in [3.63, 3.8) is 0 Å². The number of amides is 1. The second-order valence-electron chi connectivity index (χ2n) is 6.97. The standard InChI is InChI=1S/C22H25N3O4/c1-17-6-8-19(9-7-17)21(24-12-14-29-15-13-24)16-23-22(26)11-10-18-4-2-3-5-20(18)25(27)28/h2-11,21H,12-16H2,1H3,(H,23,26)/b11-10+. The van der Waals surface area contributed by atoms with E-state index in [2.05, 4.69) is 34.5 Å². The molecule has 7 nitrogen and oxygen atoms in total. The molecule has 1 heterocycles. The molecule has 1 amide bonds. The number of ether oxygens (including phenoxy) is 1. The van der Waals surface area contributed by atoms with Gasteiger partial charge in [-0.05, 0) is 24.6 Å². The van der Waals surface area contributed by atoms with Gasteiger partial charge in [-0.1, -0.05) is 42.0 Å². The number of nitrogens with zero attached hydrogens (tertiary/aromatic N) is 2. The van der Waals surface area contributed by atoms with E-state index < -0.39 is 4.92 Å². The van der Waals surface area contributed by atoms with Crippen molar-refractivity contribution < 1.29 is 14.5 Å². The summed E-state index contributed by atoms with van der Waals surface area (Å²) in [6.07, 6.45) is 2.82. The number of hydrogen-bond acceptors (Lipinski definition) is 5. The lowest BCUT2D eigenvalue weighted by Gasteiger charge is -2.34. The van der Waals surface area contributed by atoms with Crippen molar-refractivity contribution in [1.82, 2.24) is 10.2 Å². The number of nitro benzene ring substituents is 1. The van der Waals surface area contributed by atoms with Gasteiger partial charge < -0.3 is 10.1 Å². The number of aryl methyl sites for hydroxylation is 1. The molecule has 3 rings (SSSR count). The fourth-order valence-corrected chi connectivity index (χ4v) is 3.35. The van der Waals surface area contributed by atoms with E-state index >= 15 is 0 Å². The highest BCUT2D eigenvalue weighted by Crippen LogP contribution is 2.22. The van der Waals surface area contributed by atoms with Crippen LogP contribution in [0.5, 0.6) is 0 Å². The van der Waals surface area contributed by atoms with Crippen LogP contribution in [0.3, 0.4) is 0 Å². The first kappa shape index (κ1) is 20.7. The van der Waals surface area contributed by atoms with E-state index in [1.807, 2.05) is 6.92 Å². The van der Waals surface area contributed by atoms with Gasteiger partial charge in [-0.25, -0.2) is 0 Å². The molecule has 0 radical (unpaired) electrons. The second-order valence-corrected chi connectivity index (χ2v) is 6.97. The minimum absolute atomic E-state index is 0.0256. The number of para-hydroxylation sites is 1. The lowest BCUT2D eigenvalue weighted by atomic mass is 10.0. The van der Waals surface area contributed by atoms with Crippen molar-refractivity contribution in [3.8, 4) is 0 Å². The molecule has 0 saturated carbocycles. The number of morpholine rings is 1. The molecule has 29 heavy (non-hydrogen) atoms. The van der Waals surface area contributed by atoms with Crippen LogP contribution in [0.4, 0.5) is 5.69 Å². The number of rotatable bonds is 7. The van der Waals surface area contributed by atoms with Crippen LogP contribution in [0, 0.1) is 17.0 Å². The van der Waals surface area contributed by atoms with Crippen LogP contribution in [0.25, 0.3) is 6.08 Å². The number of hydrogen-bond donors (Lipinski definition) is 1. The molecule has 1 aliphatic heterocycles. The number of nitrogens with one attached hydrogen (secondary N) is 1. The molecular formula is C22H25N3O4. The molecule has 1 saturated heterocycles. The van der Waals surface area contributed by atoms with Gasteiger partial charge in [-0.3, -0.25) is 19.8 Å². The normalized spacial score (nSPS) is 15.9. The average Bonchev–Trinajstić information content (AvgIpc) is 2.74. The third-order valence-corrected chi connectivity index (χ3v) is 4.97. The Kier molecular flexibility index (Phi) is 7.10. The lowest BCUT2D eigenvalue weighted by molar-refractivity contribution is -0.385. The van der Waals surface area contributed by atoms with Crippen LogP contribution >= 0.6 is 0 Å². The topological polar surface area (TPSA) is 84.7 Å². The lowest BCUT2D eigenvalue weighted by Crippen LogP contribution is -2.43. The molecule has 1 unspecified atom stereocenters. The molecule has 7 heteroatoms. The highest BCUT2D eigenvalue weighted by Gasteiger charge is 2.23. The third kappa shape index (κ3) is 5.73. The zero-order valence-corrected chi connectivity index (χ0v) is 16.4. The van der Waals surface area contributed by atoms with E-state index in [9.17, 15) is 14.9 Å². The number of nitro groups is 1. The van der Waals surface area contributed by atoms with Crippen LogP contribution < -0.4 is 5.32 Å². The summed E-state index contributed by atoms with van der Waals surface area (Å²) in [7, 11) is 0. The zero-order valence-electron chi connectivity index (χ0n) is 16.4. The summed E-state index contributed by atoms with van der Waals surface area (Å²) >= 11 is 0. The molecular weight excluding hydrogens is 370 g/mol. The van der Waals surface area contributed by atoms with Gasteiger partial charge in [0.05, 0.1) is 29.7 Å². The third-order valence-electron chi connectivity index (χ3n) is 4.97. The average molecular weight is 395 g/mol. The van der Waals surface area contributed by atoms with Crippen molar-refractivity contribution in [2.45, 2.75) is 13.0 Å². The van der Waals surface area contributed by atoms with Crippen LogP contribution in [-0.2, 0) is 9.53 Å². The minimum atomic E-state index is -0.455. The van der Waals surface area contributed by atoms with Gasteiger partial charge in [0.1, 0.15) is 0 Å². The van der Waals surface area contributed by atoms with E-state index in [1.165, 1.54) is 23.8 Å². The van der Waals surface area contributed by atoms with E-state index in [1.54, 1.807) is 18.2 Å². The second kappa shape index (κ2) is 9.95. The summed E-state index contributed by atoms with van der Waals surface area (Å²) in [4.78, 5) is 25.3. The molecule has 1 fully saturated rings. The van der Waals surface area contributed by atoms with Gasteiger partial charge in [0.2, 0.25) is 5.91 Å². The summed E-state index contributed by atoms with van der Waals surface area (Å²) in [5, 5.41) is 14.0. The molecule has 1 atom stereocenters. The van der Waals surface area contributed by atoms with Gasteiger partial charge in [0.15, 0.2) is 0 Å². The SMILES string of the molecule is Cc1ccc(C(CNC(=O)/C=C/c2ccccc2[N+](=O)[O-])N2CCOCC2)cc1. The van der Waals surface area contributed by atoms with Crippen molar-refractivity contribution in [1.29, 1.82) is 0 Å². The number of carbonyl (C=O) groups is 1. The first-order valence-electron chi connectivity index (χ1n) is 9.62. The molecule has 2 aromatic rings. The molecule has 0 aromatic heterocycles. The van der Waals surface area contributed by atoms with Crippen molar-refractivity contribution in [2.75, 3.05) is 32.8 Å². The molecule has 1 N–H and O–H groups in total. The monoisotopic (exact) mass is 395 g/mol. The Hall–Kier alpha value is -3.03. The predicted molar refractivity (Wildman–Crippen MR) is 111 cm³/mol. The largest absolute Gasteiger partial charge is 0.379 e. The van der Waals surface area contributed by atoms with Crippen LogP contribution in [0.15, 0.2) is 54.6 Å². The zero-order chi connectivity index (χ0) is 20.6. The Morgan fingerprint density at radius 2 is 1.90 bits per heavy atom. The molecule has 152 valence electrons. The Morgan fingerprint density at radius 3 is 2.59 bits per heavy atom. The summed E-state index contributed by atoms with van der Waals surface area (Å²) < 4.78 is 5.45. The molecule has 1 aliphatic rings. The maximum Gasteiger partial charge on any atom is 0.276 e. The van der Waals surface area contributed by atoms with Crippen molar-refractivity contribution >= 4 is 17.7 Å². The van der Waals surface area contributed by atoms with Gasteiger partial charge in [0.25, 0.3) is 5.69 Å². The highest BCUT2D eigenvalue weighted by molar-refractivity contribution is 5.92. The summed E-state index contributed by atoms with van der Waals surface area (Å²) in [6.45, 7) is 5.45. The molecule has 2 aromatic carbocycles. The first-order valence-corrected chi connectivity index (χ1v) is 9.62.